The average molecular weight is 403 g/mol. The summed E-state index contributed by atoms with van der Waals surface area (Å²) in [5, 5.41) is 0. The number of aliphatic imine (C=N–C) groups is 1. The van der Waals surface area contributed by atoms with Crippen molar-refractivity contribution in [2.24, 2.45) is 10.7 Å². The van der Waals surface area contributed by atoms with Gasteiger partial charge in [-0.3, -0.25) is 0 Å². The van der Waals surface area contributed by atoms with Crippen LogP contribution in [0.15, 0.2) is 23.2 Å². The van der Waals surface area contributed by atoms with Gasteiger partial charge >= 0.3 is 0 Å². The van der Waals surface area contributed by atoms with Crippen LogP contribution >= 0.6 is 24.0 Å². The zero-order valence-corrected chi connectivity index (χ0v) is 15.3. The first-order valence-electron chi connectivity index (χ1n) is 7.39. The molecule has 2 rings (SSSR count). The van der Waals surface area contributed by atoms with Crippen LogP contribution in [-0.2, 0) is 6.54 Å². The Kier molecular flexibility index (Phi) is 7.85. The minimum absolute atomic E-state index is 0. The molecule has 0 aliphatic carbocycles. The highest BCUT2D eigenvalue weighted by atomic mass is 127. The van der Waals surface area contributed by atoms with E-state index in [0.29, 0.717) is 12.5 Å². The second-order valence-electron chi connectivity index (χ2n) is 5.38. The zero-order valence-electron chi connectivity index (χ0n) is 13.0. The number of nitrogens with two attached hydrogens (primary N) is 1. The summed E-state index contributed by atoms with van der Waals surface area (Å²) in [4.78, 5) is 6.75. The fraction of sp³-hybridized carbons (Fsp3) is 0.562. The molecule has 0 radical (unpaired) electrons. The lowest BCUT2D eigenvalue weighted by Gasteiger charge is -2.21. The van der Waals surface area contributed by atoms with Crippen LogP contribution in [0, 0.1) is 6.92 Å². The summed E-state index contributed by atoms with van der Waals surface area (Å²) in [6, 6.07) is 6.14. The predicted octanol–water partition coefficient (Wildman–Crippen LogP) is 3.31. The second kappa shape index (κ2) is 9.12. The van der Waals surface area contributed by atoms with Gasteiger partial charge in [0.1, 0.15) is 5.75 Å². The van der Waals surface area contributed by atoms with Crippen LogP contribution in [0.4, 0.5) is 0 Å². The molecule has 0 aromatic heterocycles. The molecule has 1 aromatic rings. The van der Waals surface area contributed by atoms with Crippen LogP contribution in [0.25, 0.3) is 0 Å². The molecule has 1 aliphatic rings. The van der Waals surface area contributed by atoms with Crippen LogP contribution in [0.2, 0.25) is 0 Å². The maximum Gasteiger partial charge on any atom is 0.191 e. The van der Waals surface area contributed by atoms with Gasteiger partial charge < -0.3 is 15.4 Å². The summed E-state index contributed by atoms with van der Waals surface area (Å²) >= 11 is 0. The molecule has 1 heterocycles. The van der Waals surface area contributed by atoms with Gasteiger partial charge in [-0.15, -0.1) is 24.0 Å². The standard InChI is InChI=1S/C16H25N3O.HI/c1-13-11-14(7-8-15(13)20-2)12-18-16(17)19-9-5-3-4-6-10-19;/h7-8,11H,3-6,9-10,12H2,1-2H3,(H2,17,18);1H. The Hall–Kier alpha value is -0.980. The molecule has 21 heavy (non-hydrogen) atoms. The largest absolute Gasteiger partial charge is 0.496 e. The van der Waals surface area contributed by atoms with E-state index < -0.39 is 0 Å². The third kappa shape index (κ3) is 5.37. The summed E-state index contributed by atoms with van der Waals surface area (Å²) in [6.45, 7) is 4.76. The molecule has 0 spiro atoms. The number of ether oxygens (including phenoxy) is 1. The minimum Gasteiger partial charge on any atom is -0.496 e. The predicted molar refractivity (Wildman–Crippen MR) is 98.5 cm³/mol. The van der Waals surface area contributed by atoms with Crippen molar-refractivity contribution >= 4 is 29.9 Å². The molecule has 1 saturated heterocycles. The summed E-state index contributed by atoms with van der Waals surface area (Å²) in [7, 11) is 1.69. The maximum absolute atomic E-state index is 6.11. The molecule has 0 saturated carbocycles. The fourth-order valence-electron chi connectivity index (χ4n) is 2.61. The normalized spacial score (nSPS) is 16.1. The SMILES string of the molecule is COc1ccc(CN=C(N)N2CCCCCC2)cc1C.I. The topological polar surface area (TPSA) is 50.9 Å². The van der Waals surface area contributed by atoms with E-state index in [-0.39, 0.29) is 24.0 Å². The molecule has 0 amide bonds. The molecule has 0 bridgehead atoms. The monoisotopic (exact) mass is 403 g/mol. The van der Waals surface area contributed by atoms with Crippen molar-refractivity contribution < 1.29 is 4.74 Å². The third-order valence-electron chi connectivity index (χ3n) is 3.81. The molecule has 118 valence electrons. The van der Waals surface area contributed by atoms with Gasteiger partial charge in [0.25, 0.3) is 0 Å². The number of hydrogen-bond acceptors (Lipinski definition) is 2. The molecule has 0 unspecified atom stereocenters. The molecule has 5 heteroatoms. The number of guanidine groups is 1. The van der Waals surface area contributed by atoms with Crippen molar-refractivity contribution in [1.82, 2.24) is 4.90 Å². The number of methoxy groups -OCH3 is 1. The number of benzene rings is 1. The van der Waals surface area contributed by atoms with Crippen molar-refractivity contribution in [2.45, 2.75) is 39.2 Å². The molecule has 0 atom stereocenters. The van der Waals surface area contributed by atoms with Crippen molar-refractivity contribution in [2.75, 3.05) is 20.2 Å². The molecule has 1 fully saturated rings. The van der Waals surface area contributed by atoms with E-state index in [1.165, 1.54) is 31.2 Å². The number of halogens is 1. The van der Waals surface area contributed by atoms with Gasteiger partial charge in [-0.05, 0) is 37.0 Å². The second-order valence-corrected chi connectivity index (χ2v) is 5.38. The van der Waals surface area contributed by atoms with Crippen LogP contribution in [0.5, 0.6) is 5.75 Å². The van der Waals surface area contributed by atoms with E-state index in [4.69, 9.17) is 10.5 Å². The number of rotatable bonds is 3. The van der Waals surface area contributed by atoms with Crippen molar-refractivity contribution in [3.05, 3.63) is 29.3 Å². The molecule has 4 nitrogen and oxygen atoms in total. The highest BCUT2D eigenvalue weighted by Gasteiger charge is 2.10. The van der Waals surface area contributed by atoms with Gasteiger partial charge in [0.2, 0.25) is 0 Å². The van der Waals surface area contributed by atoms with E-state index in [1.54, 1.807) is 7.11 Å². The molecule has 1 aliphatic heterocycles. The van der Waals surface area contributed by atoms with Gasteiger partial charge in [0.15, 0.2) is 5.96 Å². The van der Waals surface area contributed by atoms with E-state index in [1.807, 2.05) is 19.1 Å². The van der Waals surface area contributed by atoms with E-state index in [2.05, 4.69) is 16.0 Å². The van der Waals surface area contributed by atoms with Crippen molar-refractivity contribution in [3.8, 4) is 5.75 Å². The third-order valence-corrected chi connectivity index (χ3v) is 3.81. The Morgan fingerprint density at radius 2 is 1.90 bits per heavy atom. The molecular formula is C16H26IN3O. The van der Waals surface area contributed by atoms with Gasteiger partial charge in [-0.25, -0.2) is 4.99 Å². The van der Waals surface area contributed by atoms with E-state index in [0.717, 1.165) is 24.4 Å². The minimum atomic E-state index is 0. The fourth-order valence-corrected chi connectivity index (χ4v) is 2.61. The van der Waals surface area contributed by atoms with Crippen LogP contribution in [0.3, 0.4) is 0 Å². The highest BCUT2D eigenvalue weighted by molar-refractivity contribution is 14.0. The summed E-state index contributed by atoms with van der Waals surface area (Å²) in [5.41, 5.74) is 8.41. The number of hydrogen-bond donors (Lipinski definition) is 1. The Balaban J connectivity index is 0.00000220. The summed E-state index contributed by atoms with van der Waals surface area (Å²) in [6.07, 6.45) is 5.05. The van der Waals surface area contributed by atoms with Gasteiger partial charge in [-0.2, -0.15) is 0 Å². The highest BCUT2D eigenvalue weighted by Crippen LogP contribution is 2.19. The first kappa shape index (κ1) is 18.1. The molecular weight excluding hydrogens is 377 g/mol. The van der Waals surface area contributed by atoms with Crippen LogP contribution < -0.4 is 10.5 Å². The Bertz CT molecular complexity index is 469. The number of likely N-dealkylation sites (tertiary alicyclic amines) is 1. The lowest BCUT2D eigenvalue weighted by molar-refractivity contribution is 0.411. The molecule has 2 N–H and O–H groups in total. The number of nitrogens with zero attached hydrogens (tertiary/aromatic N) is 2. The van der Waals surface area contributed by atoms with Crippen LogP contribution in [0.1, 0.15) is 36.8 Å². The van der Waals surface area contributed by atoms with E-state index in [9.17, 15) is 0 Å². The van der Waals surface area contributed by atoms with Gasteiger partial charge in [0.05, 0.1) is 13.7 Å². The Morgan fingerprint density at radius 1 is 1.24 bits per heavy atom. The quantitative estimate of drug-likeness (QED) is 0.479. The lowest BCUT2D eigenvalue weighted by atomic mass is 10.1. The zero-order chi connectivity index (χ0) is 14.4. The average Bonchev–Trinajstić information content (AvgIpc) is 2.74. The van der Waals surface area contributed by atoms with Crippen molar-refractivity contribution in [1.29, 1.82) is 0 Å². The lowest BCUT2D eigenvalue weighted by Crippen LogP contribution is -2.38. The van der Waals surface area contributed by atoms with Crippen LogP contribution in [-0.4, -0.2) is 31.1 Å². The summed E-state index contributed by atoms with van der Waals surface area (Å²) < 4.78 is 5.27. The van der Waals surface area contributed by atoms with Gasteiger partial charge in [-0.1, -0.05) is 25.0 Å². The Labute approximate surface area is 144 Å². The Morgan fingerprint density at radius 3 is 2.48 bits per heavy atom. The first-order valence-corrected chi connectivity index (χ1v) is 7.39. The number of aryl methyl sites for hydroxylation is 1. The van der Waals surface area contributed by atoms with Gasteiger partial charge in [0, 0.05) is 13.1 Å². The first-order chi connectivity index (χ1) is 9.70. The maximum atomic E-state index is 6.11. The smallest absolute Gasteiger partial charge is 0.191 e. The summed E-state index contributed by atoms with van der Waals surface area (Å²) in [5.74, 6) is 1.60. The van der Waals surface area contributed by atoms with E-state index >= 15 is 0 Å². The van der Waals surface area contributed by atoms with Crippen molar-refractivity contribution in [3.63, 3.8) is 0 Å². The molecule has 1 aromatic carbocycles.